The third-order valence-corrected chi connectivity index (χ3v) is 6.16. The fraction of sp³-hybridized carbons (Fsp3) is 0.103. The second-order valence-electron chi connectivity index (χ2n) is 8.14. The van der Waals surface area contributed by atoms with Crippen molar-refractivity contribution in [3.63, 3.8) is 0 Å². The SMILES string of the molecule is C=Cc1cccc(C(=O)c2c(C)n(CCNc3ccc(C(=O)O)c(O)c3)c3ccccc23)c1C=C. The molecule has 0 atom stereocenters. The Labute approximate surface area is 203 Å². The summed E-state index contributed by atoms with van der Waals surface area (Å²) < 4.78 is 2.09. The Morgan fingerprint density at radius 3 is 2.46 bits per heavy atom. The first-order valence-electron chi connectivity index (χ1n) is 11.2. The van der Waals surface area contributed by atoms with Gasteiger partial charge in [-0.05, 0) is 36.2 Å². The number of hydrogen-bond donors (Lipinski definition) is 3. The van der Waals surface area contributed by atoms with Crippen LogP contribution in [0, 0.1) is 6.92 Å². The maximum atomic E-state index is 13.8. The van der Waals surface area contributed by atoms with Gasteiger partial charge in [-0.1, -0.05) is 61.7 Å². The smallest absolute Gasteiger partial charge is 0.339 e. The van der Waals surface area contributed by atoms with E-state index >= 15 is 0 Å². The van der Waals surface area contributed by atoms with Crippen LogP contribution >= 0.6 is 0 Å². The number of fused-ring (bicyclic) bond motifs is 1. The number of ketones is 1. The largest absolute Gasteiger partial charge is 0.507 e. The van der Waals surface area contributed by atoms with Gasteiger partial charge in [-0.15, -0.1) is 0 Å². The number of carbonyl (C=O) groups excluding carboxylic acids is 1. The van der Waals surface area contributed by atoms with Gasteiger partial charge < -0.3 is 20.1 Å². The van der Waals surface area contributed by atoms with Crippen LogP contribution in [0.4, 0.5) is 5.69 Å². The van der Waals surface area contributed by atoms with Crippen LogP contribution < -0.4 is 5.32 Å². The first kappa shape index (κ1) is 23.6. The number of nitrogens with one attached hydrogen (secondary N) is 1. The molecule has 176 valence electrons. The van der Waals surface area contributed by atoms with Crippen molar-refractivity contribution in [2.75, 3.05) is 11.9 Å². The third kappa shape index (κ3) is 4.34. The van der Waals surface area contributed by atoms with Crippen LogP contribution in [0.1, 0.15) is 43.1 Å². The van der Waals surface area contributed by atoms with E-state index in [0.717, 1.165) is 27.7 Å². The molecule has 4 aromatic rings. The summed E-state index contributed by atoms with van der Waals surface area (Å²) in [6.07, 6.45) is 3.41. The first-order valence-corrected chi connectivity index (χ1v) is 11.2. The van der Waals surface area contributed by atoms with Crippen LogP contribution in [0.15, 0.2) is 73.8 Å². The van der Waals surface area contributed by atoms with Crippen molar-refractivity contribution in [2.45, 2.75) is 13.5 Å². The van der Waals surface area contributed by atoms with Crippen LogP contribution in [0.25, 0.3) is 23.1 Å². The van der Waals surface area contributed by atoms with Gasteiger partial charge in [0.2, 0.25) is 0 Å². The van der Waals surface area contributed by atoms with E-state index in [0.29, 0.717) is 29.9 Å². The lowest BCUT2D eigenvalue weighted by Crippen LogP contribution is -2.13. The number of aromatic hydroxyl groups is 1. The number of carboxylic acid groups (broad SMARTS) is 1. The van der Waals surface area contributed by atoms with E-state index in [4.69, 9.17) is 5.11 Å². The lowest BCUT2D eigenvalue weighted by molar-refractivity contribution is 0.0693. The minimum absolute atomic E-state index is 0.0711. The molecule has 0 spiro atoms. The molecule has 0 bridgehead atoms. The van der Waals surface area contributed by atoms with E-state index in [9.17, 15) is 14.7 Å². The van der Waals surface area contributed by atoms with E-state index < -0.39 is 5.97 Å². The third-order valence-electron chi connectivity index (χ3n) is 6.16. The zero-order chi connectivity index (χ0) is 25.1. The van der Waals surface area contributed by atoms with Crippen molar-refractivity contribution >= 4 is 40.5 Å². The van der Waals surface area contributed by atoms with Crippen LogP contribution in [0.2, 0.25) is 0 Å². The summed E-state index contributed by atoms with van der Waals surface area (Å²) in [5, 5.41) is 23.1. The monoisotopic (exact) mass is 466 g/mol. The molecule has 0 radical (unpaired) electrons. The van der Waals surface area contributed by atoms with Gasteiger partial charge in [-0.25, -0.2) is 4.79 Å². The van der Waals surface area contributed by atoms with Gasteiger partial charge >= 0.3 is 5.97 Å². The molecule has 1 aromatic heterocycles. The topological polar surface area (TPSA) is 91.6 Å². The second-order valence-corrected chi connectivity index (χ2v) is 8.14. The van der Waals surface area contributed by atoms with Gasteiger partial charge in [0.1, 0.15) is 11.3 Å². The highest BCUT2D eigenvalue weighted by Gasteiger charge is 2.23. The Hall–Kier alpha value is -4.58. The van der Waals surface area contributed by atoms with Crippen LogP contribution in [-0.2, 0) is 6.54 Å². The summed E-state index contributed by atoms with van der Waals surface area (Å²) in [4.78, 5) is 24.9. The van der Waals surface area contributed by atoms with Crippen molar-refractivity contribution in [3.8, 4) is 5.75 Å². The molecule has 6 heteroatoms. The highest BCUT2D eigenvalue weighted by Crippen LogP contribution is 2.30. The van der Waals surface area contributed by atoms with E-state index in [1.54, 1.807) is 18.2 Å². The molecule has 3 N–H and O–H groups in total. The molecule has 0 aliphatic rings. The Kier molecular flexibility index (Phi) is 6.55. The molecule has 0 aliphatic heterocycles. The number of nitrogens with zero attached hydrogens (tertiary/aromatic N) is 1. The fourth-order valence-corrected chi connectivity index (χ4v) is 4.46. The Bertz CT molecular complexity index is 1480. The van der Waals surface area contributed by atoms with Gasteiger partial charge in [0, 0.05) is 47.0 Å². The van der Waals surface area contributed by atoms with Crippen molar-refractivity contribution in [2.24, 2.45) is 0 Å². The zero-order valence-corrected chi connectivity index (χ0v) is 19.4. The number of aromatic carboxylic acids is 1. The number of aromatic nitrogens is 1. The molecule has 6 nitrogen and oxygen atoms in total. The molecule has 0 saturated carbocycles. The zero-order valence-electron chi connectivity index (χ0n) is 19.4. The molecule has 0 fully saturated rings. The van der Waals surface area contributed by atoms with Gasteiger partial charge in [-0.3, -0.25) is 4.79 Å². The van der Waals surface area contributed by atoms with Gasteiger partial charge in [0.25, 0.3) is 0 Å². The van der Waals surface area contributed by atoms with Crippen molar-refractivity contribution in [1.82, 2.24) is 4.57 Å². The standard InChI is InChI=1S/C29H26N2O4/c1-4-19-9-8-11-22(21(19)5-2)28(33)27-18(3)31(25-12-7-6-10-23(25)27)16-15-30-20-13-14-24(29(34)35)26(32)17-20/h4-14,17,30,32H,1-2,15-16H2,3H3,(H,34,35). The molecular weight excluding hydrogens is 440 g/mol. The summed E-state index contributed by atoms with van der Waals surface area (Å²) in [5.74, 6) is -1.55. The minimum atomic E-state index is -1.18. The second kappa shape index (κ2) is 9.73. The highest BCUT2D eigenvalue weighted by atomic mass is 16.4. The van der Waals surface area contributed by atoms with Crippen molar-refractivity contribution < 1.29 is 19.8 Å². The molecular formula is C29H26N2O4. The maximum absolute atomic E-state index is 13.8. The van der Waals surface area contributed by atoms with Crippen molar-refractivity contribution in [1.29, 1.82) is 0 Å². The highest BCUT2D eigenvalue weighted by molar-refractivity contribution is 6.19. The number of benzene rings is 3. The summed E-state index contributed by atoms with van der Waals surface area (Å²) >= 11 is 0. The number of para-hydroxylation sites is 1. The molecule has 4 rings (SSSR count). The maximum Gasteiger partial charge on any atom is 0.339 e. The lowest BCUT2D eigenvalue weighted by atomic mass is 9.93. The lowest BCUT2D eigenvalue weighted by Gasteiger charge is -2.12. The number of hydrogen-bond acceptors (Lipinski definition) is 4. The van der Waals surface area contributed by atoms with E-state index in [1.807, 2.05) is 49.4 Å². The number of phenols is 1. The quantitative estimate of drug-likeness (QED) is 0.264. The molecule has 0 unspecified atom stereocenters. The van der Waals surface area contributed by atoms with Gasteiger partial charge in [0.05, 0.1) is 5.56 Å². The van der Waals surface area contributed by atoms with Crippen molar-refractivity contribution in [3.05, 3.63) is 107 Å². The number of carbonyl (C=O) groups is 2. The summed E-state index contributed by atoms with van der Waals surface area (Å²) in [5.41, 5.74) is 5.09. The number of rotatable bonds is 9. The Morgan fingerprint density at radius 2 is 1.77 bits per heavy atom. The van der Waals surface area contributed by atoms with E-state index in [1.165, 1.54) is 12.1 Å². The molecule has 0 saturated heterocycles. The predicted molar refractivity (Wildman–Crippen MR) is 140 cm³/mol. The molecule has 0 aliphatic carbocycles. The van der Waals surface area contributed by atoms with Gasteiger partial charge in [-0.2, -0.15) is 0 Å². The average Bonchev–Trinajstić information content (AvgIpc) is 3.14. The van der Waals surface area contributed by atoms with Gasteiger partial charge in [0.15, 0.2) is 5.78 Å². The van der Waals surface area contributed by atoms with Crippen LogP contribution in [0.5, 0.6) is 5.75 Å². The first-order chi connectivity index (χ1) is 16.9. The summed E-state index contributed by atoms with van der Waals surface area (Å²) in [6, 6.07) is 17.7. The molecule has 35 heavy (non-hydrogen) atoms. The fourth-order valence-electron chi connectivity index (χ4n) is 4.46. The number of carboxylic acids is 1. The summed E-state index contributed by atoms with van der Waals surface area (Å²) in [7, 11) is 0. The molecule has 1 heterocycles. The normalized spacial score (nSPS) is 10.8. The molecule has 3 aromatic carbocycles. The Balaban J connectivity index is 1.67. The van der Waals surface area contributed by atoms with Crippen LogP contribution in [0.3, 0.4) is 0 Å². The van der Waals surface area contributed by atoms with Crippen LogP contribution in [-0.4, -0.2) is 33.1 Å². The Morgan fingerprint density at radius 1 is 1.00 bits per heavy atom. The average molecular weight is 467 g/mol. The molecule has 0 amide bonds. The number of anilines is 1. The van der Waals surface area contributed by atoms with E-state index in [-0.39, 0.29) is 17.1 Å². The summed E-state index contributed by atoms with van der Waals surface area (Å²) in [6.45, 7) is 10.7. The predicted octanol–water partition coefficient (Wildman–Crippen LogP) is 5.98. The minimum Gasteiger partial charge on any atom is -0.507 e. The van der Waals surface area contributed by atoms with E-state index in [2.05, 4.69) is 23.0 Å².